The van der Waals surface area contributed by atoms with Gasteiger partial charge in [0.15, 0.2) is 0 Å². The van der Waals surface area contributed by atoms with Crippen LogP contribution < -0.4 is 15.4 Å². The second-order valence-electron chi connectivity index (χ2n) is 4.97. The number of fused-ring (bicyclic) bond motifs is 1. The molecule has 0 bridgehead atoms. The molecule has 2 aromatic carbocycles. The summed E-state index contributed by atoms with van der Waals surface area (Å²) in [5, 5.41) is 6.08. The summed E-state index contributed by atoms with van der Waals surface area (Å²) < 4.78 is 6.06. The van der Waals surface area contributed by atoms with Crippen LogP contribution in [0, 0.1) is 3.57 Å². The summed E-state index contributed by atoms with van der Waals surface area (Å²) in [6.45, 7) is 0. The molecular formula is C16H12ClIN2O3S. The summed E-state index contributed by atoms with van der Waals surface area (Å²) in [5.74, 6) is 0.460. The van der Waals surface area contributed by atoms with Crippen LogP contribution in [0.25, 0.3) is 0 Å². The minimum atomic E-state index is -0.333. The highest BCUT2D eigenvalue weighted by Crippen LogP contribution is 2.34. The van der Waals surface area contributed by atoms with Gasteiger partial charge in [0, 0.05) is 14.2 Å². The number of amides is 2. The van der Waals surface area contributed by atoms with Crippen molar-refractivity contribution in [2.24, 2.45) is 0 Å². The van der Waals surface area contributed by atoms with Crippen molar-refractivity contribution in [1.29, 1.82) is 0 Å². The number of nitrogens with one attached hydrogen (secondary N) is 2. The number of methoxy groups -OCH3 is 1. The lowest BCUT2D eigenvalue weighted by Crippen LogP contribution is -2.19. The molecule has 0 saturated heterocycles. The highest BCUT2D eigenvalue weighted by atomic mass is 127. The number of anilines is 2. The van der Waals surface area contributed by atoms with E-state index in [4.69, 9.17) is 16.3 Å². The van der Waals surface area contributed by atoms with Crippen LogP contribution in [0.2, 0.25) is 5.02 Å². The Hall–Kier alpha value is -1.45. The second-order valence-corrected chi connectivity index (χ2v) is 7.56. The number of hydrogen-bond donors (Lipinski definition) is 2. The Bertz CT molecular complexity index is 844. The molecule has 0 aromatic heterocycles. The third-order valence-electron chi connectivity index (χ3n) is 3.36. The van der Waals surface area contributed by atoms with Crippen molar-refractivity contribution in [1.82, 2.24) is 0 Å². The molecule has 0 atom stereocenters. The number of benzene rings is 2. The number of hydrogen-bond acceptors (Lipinski definition) is 4. The predicted octanol–water partition coefficient (Wildman–Crippen LogP) is 4.25. The van der Waals surface area contributed by atoms with E-state index in [1.54, 1.807) is 24.3 Å². The Kier molecular flexibility index (Phi) is 5.21. The Balaban J connectivity index is 1.87. The first kappa shape index (κ1) is 17.4. The van der Waals surface area contributed by atoms with E-state index in [9.17, 15) is 9.59 Å². The fraction of sp³-hybridized carbons (Fsp3) is 0.125. The van der Waals surface area contributed by atoms with Gasteiger partial charge in [-0.05, 0) is 52.9 Å². The van der Waals surface area contributed by atoms with Crippen LogP contribution in [0.3, 0.4) is 0 Å². The molecule has 1 aliphatic heterocycles. The first-order chi connectivity index (χ1) is 11.5. The van der Waals surface area contributed by atoms with Gasteiger partial charge in [0.1, 0.15) is 5.75 Å². The van der Waals surface area contributed by atoms with Gasteiger partial charge in [-0.25, -0.2) is 0 Å². The summed E-state index contributed by atoms with van der Waals surface area (Å²) in [6.07, 6.45) is 0. The third kappa shape index (κ3) is 3.62. The number of halogens is 2. The molecule has 0 aliphatic carbocycles. The number of carbonyl (C=O) groups is 2. The van der Waals surface area contributed by atoms with Crippen LogP contribution in [0.1, 0.15) is 10.4 Å². The van der Waals surface area contributed by atoms with Crippen molar-refractivity contribution >= 4 is 69.1 Å². The SMILES string of the molecule is COc1cc(I)c(Cl)cc1C(=O)Nc1ccc2c(c1)NC(=O)CS2. The van der Waals surface area contributed by atoms with E-state index in [2.05, 4.69) is 33.2 Å². The van der Waals surface area contributed by atoms with Crippen LogP contribution in [0.4, 0.5) is 11.4 Å². The lowest BCUT2D eigenvalue weighted by molar-refractivity contribution is -0.113. The topological polar surface area (TPSA) is 67.4 Å². The van der Waals surface area contributed by atoms with Crippen LogP contribution in [0.15, 0.2) is 35.2 Å². The van der Waals surface area contributed by atoms with E-state index in [1.165, 1.54) is 18.9 Å². The molecule has 8 heteroatoms. The molecule has 0 fully saturated rings. The molecule has 5 nitrogen and oxygen atoms in total. The minimum absolute atomic E-state index is 0.0536. The van der Waals surface area contributed by atoms with Crippen molar-refractivity contribution < 1.29 is 14.3 Å². The molecule has 24 heavy (non-hydrogen) atoms. The molecule has 0 radical (unpaired) electrons. The quantitative estimate of drug-likeness (QED) is 0.653. The zero-order chi connectivity index (χ0) is 17.3. The number of rotatable bonds is 3. The summed E-state index contributed by atoms with van der Waals surface area (Å²) in [6, 6.07) is 8.68. The lowest BCUT2D eigenvalue weighted by Gasteiger charge is -2.17. The number of carbonyl (C=O) groups excluding carboxylic acids is 2. The summed E-state index contributed by atoms with van der Waals surface area (Å²) in [7, 11) is 1.50. The zero-order valence-electron chi connectivity index (χ0n) is 12.5. The Morgan fingerprint density at radius 3 is 2.92 bits per heavy atom. The van der Waals surface area contributed by atoms with Crippen molar-refractivity contribution in [3.8, 4) is 5.75 Å². The monoisotopic (exact) mass is 474 g/mol. The van der Waals surface area contributed by atoms with E-state index in [0.29, 0.717) is 33.5 Å². The number of ether oxygens (including phenoxy) is 1. The lowest BCUT2D eigenvalue weighted by atomic mass is 10.1. The van der Waals surface area contributed by atoms with Crippen molar-refractivity contribution in [3.63, 3.8) is 0 Å². The molecular weight excluding hydrogens is 463 g/mol. The molecule has 0 spiro atoms. The maximum absolute atomic E-state index is 12.5. The van der Waals surface area contributed by atoms with Gasteiger partial charge >= 0.3 is 0 Å². The molecule has 124 valence electrons. The maximum Gasteiger partial charge on any atom is 0.259 e. The molecule has 2 aromatic rings. The van der Waals surface area contributed by atoms with Crippen molar-refractivity contribution in [2.45, 2.75) is 4.90 Å². The van der Waals surface area contributed by atoms with E-state index in [1.807, 2.05) is 6.07 Å². The zero-order valence-corrected chi connectivity index (χ0v) is 16.2. The molecule has 2 amide bonds. The van der Waals surface area contributed by atoms with Crippen molar-refractivity contribution in [3.05, 3.63) is 44.5 Å². The van der Waals surface area contributed by atoms with Gasteiger partial charge in [0.2, 0.25) is 5.91 Å². The number of thioether (sulfide) groups is 1. The Labute approximate surface area is 161 Å². The minimum Gasteiger partial charge on any atom is -0.496 e. The molecule has 1 aliphatic rings. The van der Waals surface area contributed by atoms with Crippen LogP contribution in [-0.4, -0.2) is 24.7 Å². The van der Waals surface area contributed by atoms with Gasteiger partial charge in [-0.15, -0.1) is 11.8 Å². The van der Waals surface area contributed by atoms with E-state index in [0.717, 1.165) is 8.47 Å². The normalized spacial score (nSPS) is 13.0. The average molecular weight is 475 g/mol. The van der Waals surface area contributed by atoms with E-state index in [-0.39, 0.29) is 11.8 Å². The summed E-state index contributed by atoms with van der Waals surface area (Å²) in [4.78, 5) is 25.0. The Morgan fingerprint density at radius 1 is 1.38 bits per heavy atom. The molecule has 0 unspecified atom stereocenters. The maximum atomic E-state index is 12.5. The highest BCUT2D eigenvalue weighted by Gasteiger charge is 2.18. The molecule has 2 N–H and O–H groups in total. The summed E-state index contributed by atoms with van der Waals surface area (Å²) >= 11 is 9.65. The van der Waals surface area contributed by atoms with Crippen LogP contribution in [0.5, 0.6) is 5.75 Å². The van der Waals surface area contributed by atoms with Gasteiger partial charge < -0.3 is 15.4 Å². The molecule has 0 saturated carbocycles. The van der Waals surface area contributed by atoms with Gasteiger partial charge in [-0.2, -0.15) is 0 Å². The first-order valence-electron chi connectivity index (χ1n) is 6.89. The second kappa shape index (κ2) is 7.20. The first-order valence-corrected chi connectivity index (χ1v) is 9.33. The fourth-order valence-electron chi connectivity index (χ4n) is 2.23. The van der Waals surface area contributed by atoms with Gasteiger partial charge in [-0.1, -0.05) is 11.6 Å². The van der Waals surface area contributed by atoms with Crippen molar-refractivity contribution in [2.75, 3.05) is 23.5 Å². The van der Waals surface area contributed by atoms with Crippen LogP contribution >= 0.6 is 46.0 Å². The standard InChI is InChI=1S/C16H12ClIN2O3S/c1-23-13-6-11(18)10(17)5-9(13)16(22)19-8-2-3-14-12(4-8)20-15(21)7-24-14/h2-6H,7H2,1H3,(H,19,22)(H,20,21). The highest BCUT2D eigenvalue weighted by molar-refractivity contribution is 14.1. The van der Waals surface area contributed by atoms with E-state index < -0.39 is 0 Å². The van der Waals surface area contributed by atoms with Gasteiger partial charge in [0.05, 0.1) is 29.1 Å². The molecule has 3 rings (SSSR count). The smallest absolute Gasteiger partial charge is 0.259 e. The Morgan fingerprint density at radius 2 is 2.17 bits per heavy atom. The predicted molar refractivity (Wildman–Crippen MR) is 104 cm³/mol. The third-order valence-corrected chi connectivity index (χ3v) is 5.95. The van der Waals surface area contributed by atoms with Gasteiger partial charge in [-0.3, -0.25) is 9.59 Å². The summed E-state index contributed by atoms with van der Waals surface area (Å²) in [5.41, 5.74) is 1.62. The molecule has 1 heterocycles. The fourth-order valence-corrected chi connectivity index (χ4v) is 3.62. The van der Waals surface area contributed by atoms with Gasteiger partial charge in [0.25, 0.3) is 5.91 Å². The van der Waals surface area contributed by atoms with E-state index >= 15 is 0 Å². The largest absolute Gasteiger partial charge is 0.496 e. The average Bonchev–Trinajstić information content (AvgIpc) is 2.56. The van der Waals surface area contributed by atoms with Crippen LogP contribution in [-0.2, 0) is 4.79 Å².